The maximum atomic E-state index is 5.21. The van der Waals surface area contributed by atoms with E-state index in [4.69, 9.17) is 4.74 Å². The highest BCUT2D eigenvalue weighted by Gasteiger charge is 1.95. The van der Waals surface area contributed by atoms with Gasteiger partial charge in [-0.25, -0.2) is 0 Å². The summed E-state index contributed by atoms with van der Waals surface area (Å²) >= 11 is 0. The summed E-state index contributed by atoms with van der Waals surface area (Å²) in [6.07, 6.45) is 3.46. The van der Waals surface area contributed by atoms with Crippen molar-refractivity contribution in [3.8, 4) is 5.75 Å². The molecule has 0 aliphatic heterocycles. The Morgan fingerprint density at radius 1 is 1.06 bits per heavy atom. The van der Waals surface area contributed by atoms with Crippen LogP contribution in [-0.4, -0.2) is 33.3 Å². The van der Waals surface area contributed by atoms with Gasteiger partial charge in [0, 0.05) is 0 Å². The summed E-state index contributed by atoms with van der Waals surface area (Å²) in [4.78, 5) is 0. The summed E-state index contributed by atoms with van der Waals surface area (Å²) in [6.45, 7) is 6.55. The molecule has 1 rings (SSSR count). The fourth-order valence-electron chi connectivity index (χ4n) is 1.83. The lowest BCUT2D eigenvalue weighted by Gasteiger charge is -2.07. The molecule has 0 atom stereocenters. The van der Waals surface area contributed by atoms with Crippen molar-refractivity contribution in [1.82, 2.24) is 10.6 Å². The Kier molecular flexibility index (Phi) is 8.26. The lowest BCUT2D eigenvalue weighted by molar-refractivity contribution is 0.414. The average molecular weight is 250 g/mol. The summed E-state index contributed by atoms with van der Waals surface area (Å²) in [5.74, 6) is 0.941. The highest BCUT2D eigenvalue weighted by molar-refractivity contribution is 5.28. The van der Waals surface area contributed by atoms with Crippen molar-refractivity contribution in [2.75, 3.05) is 33.3 Å². The van der Waals surface area contributed by atoms with Crippen molar-refractivity contribution < 1.29 is 4.74 Å². The second-order valence-corrected chi connectivity index (χ2v) is 4.46. The van der Waals surface area contributed by atoms with E-state index in [1.54, 1.807) is 7.11 Å². The summed E-state index contributed by atoms with van der Waals surface area (Å²) in [5.41, 5.74) is 1.32. The number of benzene rings is 1. The van der Waals surface area contributed by atoms with Gasteiger partial charge in [-0.15, -0.1) is 0 Å². The number of hydrogen-bond acceptors (Lipinski definition) is 3. The van der Waals surface area contributed by atoms with Gasteiger partial charge in [0.25, 0.3) is 0 Å². The van der Waals surface area contributed by atoms with Crippen LogP contribution in [0.4, 0.5) is 0 Å². The Hall–Kier alpha value is -1.06. The molecular formula is C15H26N2O. The lowest BCUT2D eigenvalue weighted by atomic mass is 10.1. The van der Waals surface area contributed by atoms with E-state index < -0.39 is 0 Å². The zero-order valence-electron chi connectivity index (χ0n) is 11.7. The molecule has 0 bridgehead atoms. The highest BCUT2D eigenvalue weighted by Crippen LogP contribution is 2.12. The first-order chi connectivity index (χ1) is 8.86. The molecule has 0 fully saturated rings. The van der Waals surface area contributed by atoms with Gasteiger partial charge in [-0.05, 0) is 63.1 Å². The van der Waals surface area contributed by atoms with Gasteiger partial charge in [-0.2, -0.15) is 0 Å². The summed E-state index contributed by atoms with van der Waals surface area (Å²) < 4.78 is 5.21. The van der Waals surface area contributed by atoms with Crippen molar-refractivity contribution in [3.05, 3.63) is 29.8 Å². The molecule has 0 aromatic heterocycles. The van der Waals surface area contributed by atoms with Crippen molar-refractivity contribution in [1.29, 1.82) is 0 Å². The largest absolute Gasteiger partial charge is 0.497 e. The standard InChI is InChI=1S/C15H26N2O/c1-3-9-16-10-5-11-17-12-8-14-6-4-7-15(13-14)18-2/h4,6-7,13,16-17H,3,5,8-12H2,1-2H3. The molecular weight excluding hydrogens is 224 g/mol. The molecule has 2 N–H and O–H groups in total. The predicted molar refractivity (Wildman–Crippen MR) is 77.3 cm³/mol. The van der Waals surface area contributed by atoms with Gasteiger partial charge in [0.2, 0.25) is 0 Å². The molecule has 1 aromatic carbocycles. The van der Waals surface area contributed by atoms with E-state index in [1.807, 2.05) is 12.1 Å². The van der Waals surface area contributed by atoms with E-state index in [0.29, 0.717) is 0 Å². The Bertz CT molecular complexity index is 315. The van der Waals surface area contributed by atoms with E-state index in [2.05, 4.69) is 29.7 Å². The summed E-state index contributed by atoms with van der Waals surface area (Å²) in [7, 11) is 1.71. The lowest BCUT2D eigenvalue weighted by Crippen LogP contribution is -2.23. The van der Waals surface area contributed by atoms with Gasteiger partial charge in [0.05, 0.1) is 7.11 Å². The van der Waals surface area contributed by atoms with Gasteiger partial charge in [-0.3, -0.25) is 0 Å². The maximum Gasteiger partial charge on any atom is 0.119 e. The normalized spacial score (nSPS) is 10.6. The first-order valence-electron chi connectivity index (χ1n) is 6.91. The van der Waals surface area contributed by atoms with E-state index in [1.165, 1.54) is 18.4 Å². The van der Waals surface area contributed by atoms with E-state index in [0.717, 1.165) is 38.3 Å². The van der Waals surface area contributed by atoms with E-state index >= 15 is 0 Å². The SMILES string of the molecule is CCCNCCCNCCc1cccc(OC)c1. The molecule has 102 valence electrons. The highest BCUT2D eigenvalue weighted by atomic mass is 16.5. The van der Waals surface area contributed by atoms with Crippen LogP contribution in [0.1, 0.15) is 25.3 Å². The number of nitrogens with one attached hydrogen (secondary N) is 2. The molecule has 3 nitrogen and oxygen atoms in total. The molecule has 18 heavy (non-hydrogen) atoms. The van der Waals surface area contributed by atoms with Crippen LogP contribution in [-0.2, 0) is 6.42 Å². The van der Waals surface area contributed by atoms with Crippen LogP contribution in [0, 0.1) is 0 Å². The quantitative estimate of drug-likeness (QED) is 0.625. The van der Waals surface area contributed by atoms with Crippen molar-refractivity contribution in [2.24, 2.45) is 0 Å². The van der Waals surface area contributed by atoms with Crippen LogP contribution >= 0.6 is 0 Å². The molecule has 0 aliphatic rings. The topological polar surface area (TPSA) is 33.3 Å². The van der Waals surface area contributed by atoms with Crippen LogP contribution in [0.15, 0.2) is 24.3 Å². The molecule has 0 amide bonds. The van der Waals surface area contributed by atoms with Crippen LogP contribution in [0.5, 0.6) is 5.75 Å². The van der Waals surface area contributed by atoms with Gasteiger partial charge in [-0.1, -0.05) is 19.1 Å². The fraction of sp³-hybridized carbons (Fsp3) is 0.600. The fourth-order valence-corrected chi connectivity index (χ4v) is 1.83. The Labute approximate surface area is 111 Å². The molecule has 0 aliphatic carbocycles. The third-order valence-corrected chi connectivity index (χ3v) is 2.86. The van der Waals surface area contributed by atoms with E-state index in [-0.39, 0.29) is 0 Å². The Morgan fingerprint density at radius 2 is 1.83 bits per heavy atom. The number of hydrogen-bond donors (Lipinski definition) is 2. The summed E-state index contributed by atoms with van der Waals surface area (Å²) in [5, 5.41) is 6.87. The van der Waals surface area contributed by atoms with Crippen LogP contribution < -0.4 is 15.4 Å². The molecule has 1 aromatic rings. The first kappa shape index (κ1) is 15.0. The van der Waals surface area contributed by atoms with Crippen LogP contribution in [0.3, 0.4) is 0 Å². The van der Waals surface area contributed by atoms with Crippen LogP contribution in [0.2, 0.25) is 0 Å². The van der Waals surface area contributed by atoms with E-state index in [9.17, 15) is 0 Å². The van der Waals surface area contributed by atoms with Gasteiger partial charge < -0.3 is 15.4 Å². The number of rotatable bonds is 10. The molecule has 0 heterocycles. The first-order valence-corrected chi connectivity index (χ1v) is 6.91. The van der Waals surface area contributed by atoms with Gasteiger partial charge in [0.15, 0.2) is 0 Å². The molecule has 0 saturated heterocycles. The molecule has 0 spiro atoms. The van der Waals surface area contributed by atoms with Gasteiger partial charge >= 0.3 is 0 Å². The second kappa shape index (κ2) is 9.92. The predicted octanol–water partition coefficient (Wildman–Crippen LogP) is 2.22. The molecule has 3 heteroatoms. The smallest absolute Gasteiger partial charge is 0.119 e. The zero-order chi connectivity index (χ0) is 13.1. The minimum absolute atomic E-state index is 0.941. The third-order valence-electron chi connectivity index (χ3n) is 2.86. The minimum Gasteiger partial charge on any atom is -0.497 e. The monoisotopic (exact) mass is 250 g/mol. The molecule has 0 saturated carbocycles. The van der Waals surface area contributed by atoms with Gasteiger partial charge in [0.1, 0.15) is 5.75 Å². The van der Waals surface area contributed by atoms with Crippen molar-refractivity contribution >= 4 is 0 Å². The maximum absolute atomic E-state index is 5.21. The molecule has 0 unspecified atom stereocenters. The zero-order valence-corrected chi connectivity index (χ0v) is 11.7. The second-order valence-electron chi connectivity index (χ2n) is 4.46. The Balaban J connectivity index is 2.03. The van der Waals surface area contributed by atoms with Crippen molar-refractivity contribution in [2.45, 2.75) is 26.2 Å². The third kappa shape index (κ3) is 6.62. The summed E-state index contributed by atoms with van der Waals surface area (Å²) in [6, 6.07) is 8.27. The Morgan fingerprint density at radius 3 is 2.56 bits per heavy atom. The molecule has 0 radical (unpaired) electrons. The number of ether oxygens (including phenoxy) is 1. The number of methoxy groups -OCH3 is 1. The van der Waals surface area contributed by atoms with Crippen LogP contribution in [0.25, 0.3) is 0 Å². The minimum atomic E-state index is 0.941. The van der Waals surface area contributed by atoms with Crippen molar-refractivity contribution in [3.63, 3.8) is 0 Å². The average Bonchev–Trinajstić information content (AvgIpc) is 2.42.